The van der Waals surface area contributed by atoms with Crippen LogP contribution >= 0.6 is 23.2 Å². The number of benzene rings is 3. The summed E-state index contributed by atoms with van der Waals surface area (Å²) in [6.45, 7) is 2.94. The van der Waals surface area contributed by atoms with Gasteiger partial charge in [0.15, 0.2) is 0 Å². The lowest BCUT2D eigenvalue weighted by molar-refractivity contribution is 0.126. The number of piperidine rings is 1. The predicted octanol–water partition coefficient (Wildman–Crippen LogP) is 7.79. The molecule has 7 nitrogen and oxygen atoms in total. The summed E-state index contributed by atoms with van der Waals surface area (Å²) in [5, 5.41) is 20.0. The summed E-state index contributed by atoms with van der Waals surface area (Å²) in [6.07, 6.45) is 6.61. The summed E-state index contributed by atoms with van der Waals surface area (Å²) in [4.78, 5) is 6.53. The van der Waals surface area contributed by atoms with Gasteiger partial charge in [-0.05, 0) is 79.6 Å². The molecular formula is C36H35Cl2N3O4. The molecule has 2 heterocycles. The summed E-state index contributed by atoms with van der Waals surface area (Å²) < 4.78 is 18.5. The smallest absolute Gasteiger partial charge is 0.142 e. The minimum absolute atomic E-state index is 0.186. The van der Waals surface area contributed by atoms with Crippen LogP contribution in [0.1, 0.15) is 53.2 Å². The van der Waals surface area contributed by atoms with E-state index in [0.29, 0.717) is 45.3 Å². The van der Waals surface area contributed by atoms with E-state index in [2.05, 4.69) is 28.1 Å². The van der Waals surface area contributed by atoms with Crippen LogP contribution in [0.5, 0.6) is 17.2 Å². The van der Waals surface area contributed by atoms with Crippen LogP contribution in [0.3, 0.4) is 0 Å². The molecule has 0 saturated carbocycles. The molecule has 1 aliphatic carbocycles. The summed E-state index contributed by atoms with van der Waals surface area (Å²) in [5.41, 5.74) is 6.57. The first-order valence-electron chi connectivity index (χ1n) is 15.2. The highest BCUT2D eigenvalue weighted by Crippen LogP contribution is 2.45. The van der Waals surface area contributed by atoms with Crippen molar-refractivity contribution in [2.24, 2.45) is 5.92 Å². The number of pyridine rings is 1. The SMILES string of the molecule is COc1cccc(-c2cccc3c2CC[C@@H]3Oc2cc(OCc3cncc(C#N)c3)c(CN3CCC(CO)CC3)cc2Cl)c1Cl. The van der Waals surface area contributed by atoms with Gasteiger partial charge in [-0.3, -0.25) is 9.88 Å². The average molecular weight is 645 g/mol. The predicted molar refractivity (Wildman–Crippen MR) is 175 cm³/mol. The first-order valence-corrected chi connectivity index (χ1v) is 16.0. The molecule has 0 amide bonds. The third kappa shape index (κ3) is 6.90. The number of ether oxygens (including phenoxy) is 3. The number of aromatic nitrogens is 1. The van der Waals surface area contributed by atoms with E-state index in [1.807, 2.05) is 36.4 Å². The van der Waals surface area contributed by atoms with Gasteiger partial charge in [0.2, 0.25) is 0 Å². The van der Waals surface area contributed by atoms with Crippen LogP contribution in [-0.2, 0) is 19.6 Å². The number of rotatable bonds is 10. The second-order valence-corrected chi connectivity index (χ2v) is 12.4. The van der Waals surface area contributed by atoms with E-state index >= 15 is 0 Å². The second kappa shape index (κ2) is 14.1. The molecule has 4 aromatic rings. The molecule has 1 aromatic heterocycles. The van der Waals surface area contributed by atoms with Crippen LogP contribution in [0.25, 0.3) is 11.1 Å². The van der Waals surface area contributed by atoms with Gasteiger partial charge in [-0.25, -0.2) is 0 Å². The number of likely N-dealkylation sites (tertiary alicyclic amines) is 1. The fraction of sp³-hybridized carbons (Fsp3) is 0.333. The highest BCUT2D eigenvalue weighted by atomic mass is 35.5. The van der Waals surface area contributed by atoms with Gasteiger partial charge in [-0.15, -0.1) is 0 Å². The number of hydrogen-bond donors (Lipinski definition) is 1. The van der Waals surface area contributed by atoms with Crippen LogP contribution in [0.4, 0.5) is 0 Å². The first kappa shape index (κ1) is 31.2. The number of hydrogen-bond acceptors (Lipinski definition) is 7. The molecule has 2 aliphatic rings. The molecule has 1 N–H and O–H groups in total. The standard InChI is InChI=1S/C36H35Cl2N3O4/c1-43-33-7-3-6-30(36(33)38)27-4-2-5-29-28(27)8-9-32(29)45-35-16-34(44-22-25-14-24(17-39)18-40-19-25)26(15-31(35)37)20-41-12-10-23(21-42)11-13-41/h2-7,14-16,18-19,23,32,42H,8-13,20-22H2,1H3/t32-/m0/s1. The molecule has 6 rings (SSSR count). The molecule has 1 atom stereocenters. The molecule has 3 aromatic carbocycles. The average Bonchev–Trinajstić information content (AvgIpc) is 3.49. The third-order valence-electron chi connectivity index (χ3n) is 8.75. The minimum atomic E-state index is -0.186. The first-order chi connectivity index (χ1) is 22.0. The maximum absolute atomic E-state index is 9.57. The summed E-state index contributed by atoms with van der Waals surface area (Å²) in [6, 6.07) is 19.8. The molecule has 0 unspecified atom stereocenters. The lowest BCUT2D eigenvalue weighted by Gasteiger charge is -2.31. The van der Waals surface area contributed by atoms with Crippen molar-refractivity contribution >= 4 is 23.2 Å². The fourth-order valence-electron chi connectivity index (χ4n) is 6.30. The van der Waals surface area contributed by atoms with Gasteiger partial charge < -0.3 is 19.3 Å². The number of nitriles is 1. The topological polar surface area (TPSA) is 87.8 Å². The molecular weight excluding hydrogens is 609 g/mol. The fourth-order valence-corrected chi connectivity index (χ4v) is 6.84. The van der Waals surface area contributed by atoms with Crippen molar-refractivity contribution in [2.75, 3.05) is 26.8 Å². The van der Waals surface area contributed by atoms with E-state index in [9.17, 15) is 10.4 Å². The number of methoxy groups -OCH3 is 1. The minimum Gasteiger partial charge on any atom is -0.495 e. The Labute approximate surface area is 273 Å². The van der Waals surface area contributed by atoms with Crippen molar-refractivity contribution in [1.82, 2.24) is 9.88 Å². The van der Waals surface area contributed by atoms with Crippen molar-refractivity contribution in [1.29, 1.82) is 5.26 Å². The van der Waals surface area contributed by atoms with Crippen LogP contribution in [-0.4, -0.2) is 41.8 Å². The van der Waals surface area contributed by atoms with E-state index in [1.54, 1.807) is 19.4 Å². The van der Waals surface area contributed by atoms with Crippen molar-refractivity contribution < 1.29 is 19.3 Å². The number of aliphatic hydroxyl groups excluding tert-OH is 1. The van der Waals surface area contributed by atoms with Gasteiger partial charge in [0.25, 0.3) is 0 Å². The van der Waals surface area contributed by atoms with E-state index in [-0.39, 0.29) is 19.3 Å². The van der Waals surface area contributed by atoms with Gasteiger partial charge in [-0.1, -0.05) is 53.5 Å². The van der Waals surface area contributed by atoms with Crippen LogP contribution in [0.2, 0.25) is 10.0 Å². The normalized spacial score (nSPS) is 16.6. The maximum atomic E-state index is 9.57. The molecule has 9 heteroatoms. The molecule has 1 fully saturated rings. The zero-order valence-electron chi connectivity index (χ0n) is 25.1. The van der Waals surface area contributed by atoms with E-state index < -0.39 is 0 Å². The monoisotopic (exact) mass is 643 g/mol. The van der Waals surface area contributed by atoms with E-state index in [1.165, 1.54) is 11.8 Å². The van der Waals surface area contributed by atoms with E-state index in [0.717, 1.165) is 66.6 Å². The largest absolute Gasteiger partial charge is 0.495 e. The highest BCUT2D eigenvalue weighted by Gasteiger charge is 2.29. The zero-order chi connectivity index (χ0) is 31.3. The van der Waals surface area contributed by atoms with Crippen molar-refractivity contribution in [3.63, 3.8) is 0 Å². The summed E-state index contributed by atoms with van der Waals surface area (Å²) >= 11 is 13.6. The third-order valence-corrected chi connectivity index (χ3v) is 9.44. The Morgan fingerprint density at radius 1 is 0.978 bits per heavy atom. The lowest BCUT2D eigenvalue weighted by atomic mass is 9.96. The quantitative estimate of drug-likeness (QED) is 0.189. The number of fused-ring (bicyclic) bond motifs is 1. The molecule has 0 radical (unpaired) electrons. The Balaban J connectivity index is 1.27. The lowest BCUT2D eigenvalue weighted by Crippen LogP contribution is -2.34. The summed E-state index contributed by atoms with van der Waals surface area (Å²) in [5.74, 6) is 2.23. The van der Waals surface area contributed by atoms with Crippen molar-refractivity contribution in [3.8, 4) is 34.4 Å². The number of nitrogens with zero attached hydrogens (tertiary/aromatic N) is 3. The van der Waals surface area contributed by atoms with Crippen molar-refractivity contribution in [2.45, 2.75) is 44.9 Å². The van der Waals surface area contributed by atoms with Crippen molar-refractivity contribution in [3.05, 3.63) is 105 Å². The Bertz CT molecular complexity index is 1720. The molecule has 1 aliphatic heterocycles. The Hall–Kier alpha value is -3.80. The van der Waals surface area contributed by atoms with Gasteiger partial charge >= 0.3 is 0 Å². The Morgan fingerprint density at radius 2 is 1.78 bits per heavy atom. The van der Waals surface area contributed by atoms with Crippen LogP contribution < -0.4 is 14.2 Å². The second-order valence-electron chi connectivity index (χ2n) is 11.6. The summed E-state index contributed by atoms with van der Waals surface area (Å²) in [7, 11) is 1.62. The van der Waals surface area contributed by atoms with Gasteiger partial charge in [0.1, 0.15) is 36.0 Å². The van der Waals surface area contributed by atoms with Crippen LogP contribution in [0, 0.1) is 17.2 Å². The molecule has 45 heavy (non-hydrogen) atoms. The highest BCUT2D eigenvalue weighted by molar-refractivity contribution is 6.35. The van der Waals surface area contributed by atoms with Crippen LogP contribution in [0.15, 0.2) is 67.0 Å². The van der Waals surface area contributed by atoms with E-state index in [4.69, 9.17) is 37.4 Å². The van der Waals surface area contributed by atoms with Gasteiger partial charge in [0.05, 0.1) is 22.7 Å². The molecule has 0 bridgehead atoms. The number of halogens is 2. The van der Waals surface area contributed by atoms with Gasteiger partial charge in [-0.2, -0.15) is 5.26 Å². The molecule has 0 spiro atoms. The molecule has 1 saturated heterocycles. The molecule has 232 valence electrons. The number of aliphatic hydroxyl groups is 1. The zero-order valence-corrected chi connectivity index (χ0v) is 26.7. The maximum Gasteiger partial charge on any atom is 0.142 e. The van der Waals surface area contributed by atoms with Gasteiger partial charge in [0, 0.05) is 48.3 Å². The Morgan fingerprint density at radius 3 is 2.56 bits per heavy atom. The Kier molecular flexibility index (Phi) is 9.77.